The maximum absolute atomic E-state index is 12.2. The summed E-state index contributed by atoms with van der Waals surface area (Å²) in [7, 11) is 0. The Morgan fingerprint density at radius 3 is 2.61 bits per heavy atom. The molecule has 0 N–H and O–H groups in total. The first-order valence-corrected chi connectivity index (χ1v) is 9.30. The molecule has 2 bridgehead atoms. The van der Waals surface area contributed by atoms with Crippen molar-refractivity contribution < 1.29 is 14.3 Å². The van der Waals surface area contributed by atoms with Crippen molar-refractivity contribution in [3.63, 3.8) is 0 Å². The summed E-state index contributed by atoms with van der Waals surface area (Å²) in [5.41, 5.74) is 0.805. The Morgan fingerprint density at radius 2 is 1.96 bits per heavy atom. The molecular formula is C21H22N4O3. The largest absolute Gasteiger partial charge is 0.491 e. The summed E-state index contributed by atoms with van der Waals surface area (Å²) in [6, 6.07) is 9.53. The number of carbonyl (C=O) groups is 1. The smallest absolute Gasteiger partial charge is 0.410 e. The number of fused-ring (bicyclic) bond motifs is 2. The zero-order valence-corrected chi connectivity index (χ0v) is 15.9. The third-order valence-corrected chi connectivity index (χ3v) is 5.17. The van der Waals surface area contributed by atoms with Gasteiger partial charge in [0.1, 0.15) is 18.4 Å². The molecule has 0 saturated carbocycles. The average Bonchev–Trinajstić information content (AvgIpc) is 2.95. The number of hydrogen-bond donors (Lipinski definition) is 0. The number of piperazine rings is 1. The van der Waals surface area contributed by atoms with Crippen LogP contribution in [0.5, 0.6) is 5.75 Å². The Balaban J connectivity index is 1.52. The fourth-order valence-corrected chi connectivity index (χ4v) is 3.84. The van der Waals surface area contributed by atoms with Crippen LogP contribution in [0.15, 0.2) is 18.2 Å². The van der Waals surface area contributed by atoms with Gasteiger partial charge in [0.2, 0.25) is 0 Å². The summed E-state index contributed by atoms with van der Waals surface area (Å²) in [5.74, 6) is 5.94. The van der Waals surface area contributed by atoms with Crippen molar-refractivity contribution in [2.24, 2.45) is 0 Å². The molecule has 2 unspecified atom stereocenters. The lowest BCUT2D eigenvalue weighted by molar-refractivity contribution is 0.0442. The van der Waals surface area contributed by atoms with Crippen LogP contribution in [0.3, 0.4) is 0 Å². The molecule has 0 aromatic heterocycles. The van der Waals surface area contributed by atoms with Crippen molar-refractivity contribution in [2.75, 3.05) is 32.8 Å². The third-order valence-electron chi connectivity index (χ3n) is 5.17. The van der Waals surface area contributed by atoms with Crippen LogP contribution in [0.2, 0.25) is 0 Å². The van der Waals surface area contributed by atoms with Crippen molar-refractivity contribution in [2.45, 2.75) is 31.8 Å². The lowest BCUT2D eigenvalue weighted by Gasteiger charge is -2.40. The highest BCUT2D eigenvalue weighted by Gasteiger charge is 2.41. The molecule has 7 nitrogen and oxygen atoms in total. The van der Waals surface area contributed by atoms with Crippen LogP contribution in [0.1, 0.15) is 30.9 Å². The van der Waals surface area contributed by atoms with Gasteiger partial charge in [0.05, 0.1) is 17.2 Å². The molecule has 2 saturated heterocycles. The van der Waals surface area contributed by atoms with E-state index in [0.717, 1.165) is 19.4 Å². The minimum atomic E-state index is -0.299. The minimum absolute atomic E-state index is 0.130. The van der Waals surface area contributed by atoms with Gasteiger partial charge < -0.3 is 14.4 Å². The summed E-state index contributed by atoms with van der Waals surface area (Å²) in [6.45, 7) is 4.32. The molecule has 2 fully saturated rings. The van der Waals surface area contributed by atoms with E-state index in [-0.39, 0.29) is 12.7 Å². The van der Waals surface area contributed by atoms with Crippen molar-refractivity contribution in [1.29, 1.82) is 10.5 Å². The molecule has 2 aliphatic rings. The lowest BCUT2D eigenvalue weighted by Crippen LogP contribution is -2.56. The first kappa shape index (κ1) is 19.5. The average molecular weight is 378 g/mol. The van der Waals surface area contributed by atoms with Gasteiger partial charge in [-0.1, -0.05) is 5.92 Å². The van der Waals surface area contributed by atoms with Gasteiger partial charge in [-0.15, -0.1) is 5.92 Å². The van der Waals surface area contributed by atoms with Gasteiger partial charge >= 0.3 is 6.09 Å². The summed E-state index contributed by atoms with van der Waals surface area (Å²) >= 11 is 0. The molecule has 3 rings (SSSR count). The zero-order chi connectivity index (χ0) is 19.9. The molecule has 1 amide bonds. The number of benzene rings is 1. The molecule has 2 atom stereocenters. The number of carbonyl (C=O) groups excluding carboxylic acids is 1. The molecule has 1 aromatic carbocycles. The van der Waals surface area contributed by atoms with E-state index < -0.39 is 0 Å². The predicted octanol–water partition coefficient (Wildman–Crippen LogP) is 2.12. The van der Waals surface area contributed by atoms with Gasteiger partial charge in [-0.25, -0.2) is 4.79 Å². The SMILES string of the molecule is CC#CCOC(=O)N1CC2CCC(C1)N2CCOc1ccc(C#N)cc1C#N. The highest BCUT2D eigenvalue weighted by atomic mass is 16.6. The Bertz CT molecular complexity index is 860. The maximum atomic E-state index is 12.2. The minimum Gasteiger partial charge on any atom is -0.491 e. The molecule has 0 radical (unpaired) electrons. The summed E-state index contributed by atoms with van der Waals surface area (Å²) in [5, 5.41) is 18.2. The van der Waals surface area contributed by atoms with E-state index in [1.807, 2.05) is 6.07 Å². The van der Waals surface area contributed by atoms with E-state index >= 15 is 0 Å². The molecule has 1 aromatic rings. The summed E-state index contributed by atoms with van der Waals surface area (Å²) in [4.78, 5) is 16.3. The number of hydrogen-bond acceptors (Lipinski definition) is 6. The van der Waals surface area contributed by atoms with Crippen LogP contribution < -0.4 is 4.74 Å². The summed E-state index contributed by atoms with van der Waals surface area (Å²) in [6.07, 6.45) is 1.79. The number of nitrogens with zero attached hydrogens (tertiary/aromatic N) is 4. The molecule has 7 heteroatoms. The van der Waals surface area contributed by atoms with Crippen LogP contribution in [0.25, 0.3) is 0 Å². The van der Waals surface area contributed by atoms with Crippen LogP contribution in [0, 0.1) is 34.5 Å². The number of amides is 1. The Labute approximate surface area is 165 Å². The fourth-order valence-electron chi connectivity index (χ4n) is 3.84. The highest BCUT2D eigenvalue weighted by Crippen LogP contribution is 2.30. The Hall–Kier alpha value is -3.21. The normalized spacial score (nSPS) is 20.5. The number of likely N-dealkylation sites (tertiary alicyclic amines) is 1. The fraction of sp³-hybridized carbons (Fsp3) is 0.476. The number of nitriles is 2. The van der Waals surface area contributed by atoms with Crippen molar-refractivity contribution in [3.8, 4) is 29.7 Å². The molecule has 144 valence electrons. The molecule has 2 aliphatic heterocycles. The van der Waals surface area contributed by atoms with Gasteiger partial charge in [-0.3, -0.25) is 4.90 Å². The zero-order valence-electron chi connectivity index (χ0n) is 15.9. The second kappa shape index (κ2) is 9.13. The Kier molecular flexibility index (Phi) is 6.37. The molecular weight excluding hydrogens is 356 g/mol. The van der Waals surface area contributed by atoms with Crippen LogP contribution in [-0.2, 0) is 4.74 Å². The monoisotopic (exact) mass is 378 g/mol. The van der Waals surface area contributed by atoms with Gasteiger partial charge in [0.15, 0.2) is 6.61 Å². The van der Waals surface area contributed by atoms with Crippen molar-refractivity contribution in [3.05, 3.63) is 29.3 Å². The second-order valence-electron chi connectivity index (χ2n) is 6.79. The highest BCUT2D eigenvalue weighted by molar-refractivity contribution is 5.68. The third kappa shape index (κ3) is 4.36. The molecule has 0 aliphatic carbocycles. The first-order valence-electron chi connectivity index (χ1n) is 9.30. The molecule has 2 heterocycles. The topological polar surface area (TPSA) is 89.6 Å². The van der Waals surface area contributed by atoms with Gasteiger partial charge in [-0.05, 0) is 38.0 Å². The second-order valence-corrected chi connectivity index (χ2v) is 6.79. The number of rotatable bonds is 5. The molecule has 0 spiro atoms. The van der Waals surface area contributed by atoms with E-state index in [1.54, 1.807) is 24.0 Å². The van der Waals surface area contributed by atoms with Gasteiger partial charge in [-0.2, -0.15) is 10.5 Å². The first-order chi connectivity index (χ1) is 13.7. The van der Waals surface area contributed by atoms with E-state index in [4.69, 9.17) is 14.7 Å². The molecule has 28 heavy (non-hydrogen) atoms. The Morgan fingerprint density at radius 1 is 1.21 bits per heavy atom. The van der Waals surface area contributed by atoms with E-state index in [2.05, 4.69) is 22.8 Å². The van der Waals surface area contributed by atoms with Crippen LogP contribution in [-0.4, -0.2) is 60.8 Å². The van der Waals surface area contributed by atoms with Crippen molar-refractivity contribution in [1.82, 2.24) is 9.80 Å². The van der Waals surface area contributed by atoms with Gasteiger partial charge in [0.25, 0.3) is 0 Å². The van der Waals surface area contributed by atoms with E-state index in [9.17, 15) is 10.1 Å². The van der Waals surface area contributed by atoms with Gasteiger partial charge in [0, 0.05) is 31.7 Å². The summed E-state index contributed by atoms with van der Waals surface area (Å²) < 4.78 is 11.0. The van der Waals surface area contributed by atoms with Crippen molar-refractivity contribution >= 4 is 6.09 Å². The van der Waals surface area contributed by atoms with E-state index in [0.29, 0.717) is 48.7 Å². The maximum Gasteiger partial charge on any atom is 0.410 e. The quantitative estimate of drug-likeness (QED) is 0.729. The predicted molar refractivity (Wildman–Crippen MR) is 101 cm³/mol. The van der Waals surface area contributed by atoms with E-state index in [1.165, 1.54) is 6.07 Å². The standard InChI is InChI=1S/C21H22N4O3/c1-2-3-9-28-21(26)24-14-18-5-6-19(15-24)25(18)8-10-27-20-7-4-16(12-22)11-17(20)13-23/h4,7,11,18-19H,5-6,8-10,14-15H2,1H3. The lowest BCUT2D eigenvalue weighted by atomic mass is 10.1. The van der Waals surface area contributed by atoms with Crippen LogP contribution >= 0.6 is 0 Å². The van der Waals surface area contributed by atoms with Crippen LogP contribution in [0.4, 0.5) is 4.79 Å². The number of ether oxygens (including phenoxy) is 2.